The first-order valence-corrected chi connectivity index (χ1v) is 5.11. The van der Waals surface area contributed by atoms with Gasteiger partial charge in [0.2, 0.25) is 0 Å². The third-order valence-corrected chi connectivity index (χ3v) is 2.32. The van der Waals surface area contributed by atoms with Gasteiger partial charge in [-0.3, -0.25) is 0 Å². The van der Waals surface area contributed by atoms with Crippen molar-refractivity contribution < 1.29 is 0 Å². The Morgan fingerprint density at radius 1 is 1.58 bits per heavy atom. The molecule has 3 nitrogen and oxygen atoms in total. The molecule has 0 unspecified atom stereocenters. The number of hydrogen-bond acceptors (Lipinski definition) is 2. The summed E-state index contributed by atoms with van der Waals surface area (Å²) in [7, 11) is 0. The maximum absolute atomic E-state index is 5.73. The summed E-state index contributed by atoms with van der Waals surface area (Å²) < 4.78 is 2.58. The summed E-state index contributed by atoms with van der Waals surface area (Å²) in [5, 5.41) is 7.85. The van der Waals surface area contributed by atoms with E-state index in [-0.39, 0.29) is 0 Å². The van der Waals surface area contributed by atoms with Gasteiger partial charge in [0.15, 0.2) is 4.60 Å². The normalized spacial score (nSPS) is 11.1. The molecule has 0 saturated heterocycles. The van der Waals surface area contributed by atoms with Gasteiger partial charge in [-0.1, -0.05) is 19.1 Å². The van der Waals surface area contributed by atoms with E-state index in [1.807, 2.05) is 4.68 Å². The SMILES string of the molecule is CC(C)Cn1nnc(Br)c1CCl. The molecule has 1 aromatic rings. The Hall–Kier alpha value is -0.0900. The van der Waals surface area contributed by atoms with Gasteiger partial charge in [-0.05, 0) is 21.8 Å². The van der Waals surface area contributed by atoms with Crippen LogP contribution < -0.4 is 0 Å². The fraction of sp³-hybridized carbons (Fsp3) is 0.714. The highest BCUT2D eigenvalue weighted by atomic mass is 79.9. The summed E-state index contributed by atoms with van der Waals surface area (Å²) in [6.07, 6.45) is 0. The minimum absolute atomic E-state index is 0.445. The monoisotopic (exact) mass is 251 g/mol. The molecule has 0 saturated carbocycles. The molecule has 5 heteroatoms. The molecule has 12 heavy (non-hydrogen) atoms. The van der Waals surface area contributed by atoms with E-state index in [9.17, 15) is 0 Å². The molecule has 1 heterocycles. The van der Waals surface area contributed by atoms with E-state index in [1.54, 1.807) is 0 Å². The zero-order valence-corrected chi connectivity index (χ0v) is 9.43. The Morgan fingerprint density at radius 3 is 2.75 bits per heavy atom. The Kier molecular flexibility index (Phi) is 3.53. The van der Waals surface area contributed by atoms with Crippen LogP contribution in [0.4, 0.5) is 0 Å². The first kappa shape index (κ1) is 9.99. The van der Waals surface area contributed by atoms with Crippen molar-refractivity contribution in [1.82, 2.24) is 15.0 Å². The lowest BCUT2D eigenvalue weighted by molar-refractivity contribution is 0.463. The van der Waals surface area contributed by atoms with Crippen molar-refractivity contribution in [3.8, 4) is 0 Å². The van der Waals surface area contributed by atoms with Crippen molar-refractivity contribution in [3.63, 3.8) is 0 Å². The van der Waals surface area contributed by atoms with Crippen LogP contribution in [-0.4, -0.2) is 15.0 Å². The van der Waals surface area contributed by atoms with Gasteiger partial charge in [0.05, 0.1) is 11.6 Å². The van der Waals surface area contributed by atoms with Crippen LogP contribution >= 0.6 is 27.5 Å². The first-order chi connectivity index (χ1) is 5.65. The molecule has 0 aromatic carbocycles. The first-order valence-electron chi connectivity index (χ1n) is 3.79. The number of aromatic nitrogens is 3. The van der Waals surface area contributed by atoms with Crippen molar-refractivity contribution in [3.05, 3.63) is 10.3 Å². The number of rotatable bonds is 3. The Morgan fingerprint density at radius 2 is 2.25 bits per heavy atom. The molecule has 0 radical (unpaired) electrons. The zero-order chi connectivity index (χ0) is 9.14. The highest BCUT2D eigenvalue weighted by Gasteiger charge is 2.09. The molecular formula is C7H11BrClN3. The maximum Gasteiger partial charge on any atom is 0.152 e. The van der Waals surface area contributed by atoms with Gasteiger partial charge in [0, 0.05) is 6.54 Å². The largest absolute Gasteiger partial charge is 0.247 e. The van der Waals surface area contributed by atoms with E-state index in [0.717, 1.165) is 16.8 Å². The van der Waals surface area contributed by atoms with Crippen molar-refractivity contribution in [2.75, 3.05) is 0 Å². The van der Waals surface area contributed by atoms with Crippen molar-refractivity contribution in [2.24, 2.45) is 5.92 Å². The molecule has 1 aromatic heterocycles. The van der Waals surface area contributed by atoms with Gasteiger partial charge < -0.3 is 0 Å². The second kappa shape index (κ2) is 4.23. The molecule has 0 aliphatic carbocycles. The van der Waals surface area contributed by atoms with Gasteiger partial charge >= 0.3 is 0 Å². The Bertz CT molecular complexity index is 259. The summed E-state index contributed by atoms with van der Waals surface area (Å²) in [5.74, 6) is 1.00. The number of nitrogens with zero attached hydrogens (tertiary/aromatic N) is 3. The van der Waals surface area contributed by atoms with Crippen LogP contribution in [0.5, 0.6) is 0 Å². The van der Waals surface area contributed by atoms with Gasteiger partial charge in [0.1, 0.15) is 0 Å². The van der Waals surface area contributed by atoms with Gasteiger partial charge in [0.25, 0.3) is 0 Å². The lowest BCUT2D eigenvalue weighted by Crippen LogP contribution is -2.09. The Balaban J connectivity index is 2.84. The summed E-state index contributed by atoms with van der Waals surface area (Å²) in [5.41, 5.74) is 0.949. The standard InChI is InChI=1S/C7H11BrClN3/c1-5(2)4-12-6(3-9)7(8)10-11-12/h5H,3-4H2,1-2H3. The molecule has 0 bridgehead atoms. The van der Waals surface area contributed by atoms with Crippen LogP contribution in [-0.2, 0) is 12.4 Å². The molecule has 68 valence electrons. The summed E-state index contributed by atoms with van der Waals surface area (Å²) in [4.78, 5) is 0. The average molecular weight is 253 g/mol. The van der Waals surface area contributed by atoms with Gasteiger partial charge in [-0.2, -0.15) is 0 Å². The second-order valence-corrected chi connectivity index (χ2v) is 4.05. The molecular weight excluding hydrogens is 241 g/mol. The molecule has 0 spiro atoms. The minimum Gasteiger partial charge on any atom is -0.247 e. The van der Waals surface area contributed by atoms with Crippen molar-refractivity contribution in [2.45, 2.75) is 26.3 Å². The molecule has 0 fully saturated rings. The van der Waals surface area contributed by atoms with Crippen LogP contribution in [0.2, 0.25) is 0 Å². The minimum atomic E-state index is 0.445. The van der Waals surface area contributed by atoms with Crippen LogP contribution in [0, 0.1) is 5.92 Å². The number of halogens is 2. The van der Waals surface area contributed by atoms with Crippen LogP contribution in [0.1, 0.15) is 19.5 Å². The highest BCUT2D eigenvalue weighted by molar-refractivity contribution is 9.10. The van der Waals surface area contributed by atoms with Crippen molar-refractivity contribution >= 4 is 27.5 Å². The van der Waals surface area contributed by atoms with E-state index in [1.165, 1.54) is 0 Å². The molecule has 1 rings (SSSR count). The summed E-state index contributed by atoms with van der Waals surface area (Å²) in [6, 6.07) is 0. The van der Waals surface area contributed by atoms with Crippen LogP contribution in [0.3, 0.4) is 0 Å². The van der Waals surface area contributed by atoms with E-state index in [2.05, 4.69) is 40.1 Å². The van der Waals surface area contributed by atoms with Gasteiger partial charge in [-0.25, -0.2) is 4.68 Å². The average Bonchev–Trinajstić information content (AvgIpc) is 2.30. The third kappa shape index (κ3) is 2.20. The highest BCUT2D eigenvalue weighted by Crippen LogP contribution is 2.15. The molecule has 0 N–H and O–H groups in total. The number of hydrogen-bond donors (Lipinski definition) is 0. The molecule has 0 aliphatic rings. The lowest BCUT2D eigenvalue weighted by atomic mass is 10.2. The van der Waals surface area contributed by atoms with E-state index < -0.39 is 0 Å². The molecule has 0 aliphatic heterocycles. The summed E-state index contributed by atoms with van der Waals surface area (Å²) in [6.45, 7) is 5.13. The predicted octanol–water partition coefficient (Wildman–Crippen LogP) is 2.44. The zero-order valence-electron chi connectivity index (χ0n) is 7.09. The lowest BCUT2D eigenvalue weighted by Gasteiger charge is -2.06. The molecule has 0 atom stereocenters. The van der Waals surface area contributed by atoms with Crippen molar-refractivity contribution in [1.29, 1.82) is 0 Å². The fourth-order valence-corrected chi connectivity index (χ4v) is 1.77. The quantitative estimate of drug-likeness (QED) is 0.774. The predicted molar refractivity (Wildman–Crippen MR) is 52.1 cm³/mol. The van der Waals surface area contributed by atoms with Gasteiger partial charge in [-0.15, -0.1) is 16.7 Å². The third-order valence-electron chi connectivity index (χ3n) is 1.45. The smallest absolute Gasteiger partial charge is 0.152 e. The van der Waals surface area contributed by atoms with Crippen LogP contribution in [0.25, 0.3) is 0 Å². The molecule has 0 amide bonds. The maximum atomic E-state index is 5.73. The summed E-state index contributed by atoms with van der Waals surface area (Å²) >= 11 is 9.02. The second-order valence-electron chi connectivity index (χ2n) is 3.04. The topological polar surface area (TPSA) is 30.7 Å². The van der Waals surface area contributed by atoms with E-state index in [4.69, 9.17) is 11.6 Å². The Labute approximate surface area is 85.2 Å². The fourth-order valence-electron chi connectivity index (χ4n) is 0.928. The van der Waals surface area contributed by atoms with Crippen LogP contribution in [0.15, 0.2) is 4.60 Å². The van der Waals surface area contributed by atoms with E-state index >= 15 is 0 Å². The van der Waals surface area contributed by atoms with E-state index in [0.29, 0.717) is 11.8 Å². The number of alkyl halides is 1.